The highest BCUT2D eigenvalue weighted by molar-refractivity contribution is 5.74. The highest BCUT2D eigenvalue weighted by atomic mass is 16.1. The van der Waals surface area contributed by atoms with E-state index in [4.69, 9.17) is 0 Å². The summed E-state index contributed by atoms with van der Waals surface area (Å²) in [6.45, 7) is 3.70. The lowest BCUT2D eigenvalue weighted by atomic mass is 10.0. The van der Waals surface area contributed by atoms with Crippen LogP contribution in [0.15, 0.2) is 23.8 Å². The van der Waals surface area contributed by atoms with E-state index in [1.807, 2.05) is 6.08 Å². The second kappa shape index (κ2) is 4.91. The standard InChI is InChI=1S/C11H16O/c1-2-6-10-7-4-3-5-8-11(10)9-12/h2,9H,1,3-8H2. The number of rotatable bonds is 3. The van der Waals surface area contributed by atoms with Gasteiger partial charge in [0.1, 0.15) is 6.29 Å². The van der Waals surface area contributed by atoms with E-state index in [1.165, 1.54) is 24.8 Å². The lowest BCUT2D eigenvalue weighted by molar-refractivity contribution is -0.105. The van der Waals surface area contributed by atoms with Gasteiger partial charge in [0.25, 0.3) is 0 Å². The Kier molecular flexibility index (Phi) is 3.78. The molecule has 0 spiro atoms. The summed E-state index contributed by atoms with van der Waals surface area (Å²) in [7, 11) is 0. The molecule has 1 nitrogen and oxygen atoms in total. The second-order valence-electron chi connectivity index (χ2n) is 3.30. The molecule has 0 amide bonds. The quantitative estimate of drug-likeness (QED) is 0.463. The number of hydrogen-bond donors (Lipinski definition) is 0. The van der Waals surface area contributed by atoms with Crippen molar-refractivity contribution in [2.45, 2.75) is 38.5 Å². The molecule has 0 unspecified atom stereocenters. The third kappa shape index (κ3) is 2.33. The Morgan fingerprint density at radius 3 is 2.67 bits per heavy atom. The zero-order chi connectivity index (χ0) is 8.81. The number of hydrogen-bond acceptors (Lipinski definition) is 1. The van der Waals surface area contributed by atoms with Gasteiger partial charge in [-0.3, -0.25) is 4.79 Å². The summed E-state index contributed by atoms with van der Waals surface area (Å²) in [5, 5.41) is 0. The number of carbonyl (C=O) groups is 1. The van der Waals surface area contributed by atoms with E-state index in [9.17, 15) is 4.79 Å². The van der Waals surface area contributed by atoms with E-state index in [1.54, 1.807) is 0 Å². The monoisotopic (exact) mass is 164 g/mol. The molecule has 0 fully saturated rings. The molecule has 66 valence electrons. The summed E-state index contributed by atoms with van der Waals surface area (Å²) in [6.07, 6.45) is 9.57. The minimum atomic E-state index is 0.897. The molecule has 0 bridgehead atoms. The van der Waals surface area contributed by atoms with Gasteiger partial charge in [-0.15, -0.1) is 6.58 Å². The third-order valence-electron chi connectivity index (χ3n) is 2.41. The van der Waals surface area contributed by atoms with Gasteiger partial charge in [-0.25, -0.2) is 0 Å². The van der Waals surface area contributed by atoms with Gasteiger partial charge < -0.3 is 0 Å². The van der Waals surface area contributed by atoms with Gasteiger partial charge in [-0.05, 0) is 37.7 Å². The van der Waals surface area contributed by atoms with Crippen molar-refractivity contribution in [3.05, 3.63) is 23.8 Å². The molecule has 0 aliphatic heterocycles. The normalized spacial score (nSPS) is 18.7. The first kappa shape index (κ1) is 9.24. The van der Waals surface area contributed by atoms with Crippen LogP contribution in [-0.2, 0) is 4.79 Å². The van der Waals surface area contributed by atoms with Crippen LogP contribution in [0.1, 0.15) is 38.5 Å². The molecule has 1 rings (SSSR count). The molecule has 0 N–H and O–H groups in total. The first-order valence-electron chi connectivity index (χ1n) is 4.65. The third-order valence-corrected chi connectivity index (χ3v) is 2.41. The molecule has 0 heterocycles. The zero-order valence-electron chi connectivity index (χ0n) is 7.51. The maximum Gasteiger partial charge on any atom is 0.145 e. The topological polar surface area (TPSA) is 17.1 Å². The van der Waals surface area contributed by atoms with E-state index in [-0.39, 0.29) is 0 Å². The Balaban J connectivity index is 2.73. The Hall–Kier alpha value is -0.850. The minimum absolute atomic E-state index is 0.897. The van der Waals surface area contributed by atoms with Crippen LogP contribution in [0.5, 0.6) is 0 Å². The van der Waals surface area contributed by atoms with Gasteiger partial charge in [0.15, 0.2) is 0 Å². The van der Waals surface area contributed by atoms with Crippen molar-refractivity contribution < 1.29 is 4.79 Å². The molecule has 0 saturated heterocycles. The second-order valence-corrected chi connectivity index (χ2v) is 3.30. The molecule has 12 heavy (non-hydrogen) atoms. The predicted octanol–water partition coefficient (Wildman–Crippen LogP) is 3.02. The Labute approximate surface area is 74.2 Å². The van der Waals surface area contributed by atoms with Gasteiger partial charge in [0.2, 0.25) is 0 Å². The number of allylic oxidation sites excluding steroid dienone is 3. The molecule has 0 radical (unpaired) electrons. The predicted molar refractivity (Wildman–Crippen MR) is 51.0 cm³/mol. The molecular weight excluding hydrogens is 148 g/mol. The van der Waals surface area contributed by atoms with Crippen molar-refractivity contribution in [3.63, 3.8) is 0 Å². The van der Waals surface area contributed by atoms with Gasteiger partial charge in [-0.1, -0.05) is 18.1 Å². The van der Waals surface area contributed by atoms with Crippen molar-refractivity contribution in [2.24, 2.45) is 0 Å². The van der Waals surface area contributed by atoms with Crippen LogP contribution in [0, 0.1) is 0 Å². The van der Waals surface area contributed by atoms with Crippen molar-refractivity contribution in [1.29, 1.82) is 0 Å². The number of carbonyl (C=O) groups excluding carboxylic acids is 1. The van der Waals surface area contributed by atoms with Crippen molar-refractivity contribution in [3.8, 4) is 0 Å². The summed E-state index contributed by atoms with van der Waals surface area (Å²) in [5.41, 5.74) is 2.35. The number of aldehydes is 1. The van der Waals surface area contributed by atoms with Crippen LogP contribution < -0.4 is 0 Å². The van der Waals surface area contributed by atoms with Crippen LogP contribution in [0.4, 0.5) is 0 Å². The summed E-state index contributed by atoms with van der Waals surface area (Å²) in [4.78, 5) is 10.7. The van der Waals surface area contributed by atoms with Gasteiger partial charge in [0, 0.05) is 0 Å². The summed E-state index contributed by atoms with van der Waals surface area (Å²) in [5.74, 6) is 0. The molecular formula is C11H16O. The van der Waals surface area contributed by atoms with E-state index in [2.05, 4.69) is 6.58 Å². The first-order valence-corrected chi connectivity index (χ1v) is 4.65. The van der Waals surface area contributed by atoms with E-state index < -0.39 is 0 Å². The average molecular weight is 164 g/mol. The van der Waals surface area contributed by atoms with Crippen molar-refractivity contribution in [1.82, 2.24) is 0 Å². The van der Waals surface area contributed by atoms with Crippen LogP contribution >= 0.6 is 0 Å². The summed E-state index contributed by atoms with van der Waals surface area (Å²) in [6, 6.07) is 0. The lowest BCUT2D eigenvalue weighted by Crippen LogP contribution is -1.90. The maximum atomic E-state index is 10.7. The highest BCUT2D eigenvalue weighted by Crippen LogP contribution is 2.24. The highest BCUT2D eigenvalue weighted by Gasteiger charge is 2.08. The molecule has 0 saturated carbocycles. The summed E-state index contributed by atoms with van der Waals surface area (Å²) < 4.78 is 0. The van der Waals surface area contributed by atoms with Gasteiger partial charge >= 0.3 is 0 Å². The largest absolute Gasteiger partial charge is 0.298 e. The zero-order valence-corrected chi connectivity index (χ0v) is 7.51. The van der Waals surface area contributed by atoms with E-state index >= 15 is 0 Å². The molecule has 0 aromatic heterocycles. The Bertz CT molecular complexity index is 201. The average Bonchev–Trinajstić information content (AvgIpc) is 2.30. The van der Waals surface area contributed by atoms with Crippen LogP contribution in [0.2, 0.25) is 0 Å². The maximum absolute atomic E-state index is 10.7. The molecule has 1 aliphatic rings. The Morgan fingerprint density at radius 2 is 2.00 bits per heavy atom. The Morgan fingerprint density at radius 1 is 1.25 bits per heavy atom. The van der Waals surface area contributed by atoms with E-state index in [0.717, 1.165) is 31.1 Å². The smallest absolute Gasteiger partial charge is 0.145 e. The van der Waals surface area contributed by atoms with Crippen molar-refractivity contribution in [2.75, 3.05) is 0 Å². The SMILES string of the molecule is C=CCC1=C(C=O)CCCCC1. The first-order chi connectivity index (χ1) is 5.88. The fraction of sp³-hybridized carbons (Fsp3) is 0.545. The molecule has 1 aliphatic carbocycles. The molecule has 0 aromatic carbocycles. The molecule has 0 aromatic rings. The lowest BCUT2D eigenvalue weighted by Gasteiger charge is -2.03. The summed E-state index contributed by atoms with van der Waals surface area (Å²) >= 11 is 0. The minimum Gasteiger partial charge on any atom is -0.298 e. The van der Waals surface area contributed by atoms with Gasteiger partial charge in [0.05, 0.1) is 0 Å². The molecule has 1 heteroatoms. The van der Waals surface area contributed by atoms with E-state index in [0.29, 0.717) is 0 Å². The molecule has 0 atom stereocenters. The van der Waals surface area contributed by atoms with Crippen molar-refractivity contribution >= 4 is 6.29 Å². The van der Waals surface area contributed by atoms with Crippen LogP contribution in [-0.4, -0.2) is 6.29 Å². The fourth-order valence-corrected chi connectivity index (χ4v) is 1.72. The van der Waals surface area contributed by atoms with Crippen LogP contribution in [0.25, 0.3) is 0 Å². The van der Waals surface area contributed by atoms with Crippen LogP contribution in [0.3, 0.4) is 0 Å². The fourth-order valence-electron chi connectivity index (χ4n) is 1.72. The van der Waals surface area contributed by atoms with Gasteiger partial charge in [-0.2, -0.15) is 0 Å².